The number of rotatable bonds is 2. The maximum Gasteiger partial charge on any atom is 0.126 e. The quantitative estimate of drug-likeness (QED) is 0.828. The van der Waals surface area contributed by atoms with Crippen molar-refractivity contribution in [1.82, 2.24) is 5.32 Å². The molecule has 16 heavy (non-hydrogen) atoms. The molecular weight excluding hydrogens is 205 g/mol. The fourth-order valence-electron chi connectivity index (χ4n) is 2.83. The Labute approximate surface area is 94.8 Å². The minimum Gasteiger partial charge on any atom is -0.490 e. The molecule has 3 atom stereocenters. The van der Waals surface area contributed by atoms with Crippen LogP contribution in [-0.2, 0) is 0 Å². The van der Waals surface area contributed by atoms with Crippen molar-refractivity contribution in [3.05, 3.63) is 30.1 Å². The lowest BCUT2D eigenvalue weighted by Gasteiger charge is -2.29. The largest absolute Gasteiger partial charge is 0.490 e. The lowest BCUT2D eigenvalue weighted by atomic mass is 10.0. The van der Waals surface area contributed by atoms with Crippen molar-refractivity contribution < 1.29 is 9.13 Å². The molecule has 2 aliphatic rings. The molecule has 0 radical (unpaired) electrons. The van der Waals surface area contributed by atoms with Gasteiger partial charge >= 0.3 is 0 Å². The molecule has 0 amide bonds. The highest BCUT2D eigenvalue weighted by atomic mass is 19.1. The second kappa shape index (κ2) is 4.06. The van der Waals surface area contributed by atoms with E-state index in [1.54, 1.807) is 6.07 Å². The molecule has 2 bridgehead atoms. The molecule has 1 N–H and O–H groups in total. The van der Waals surface area contributed by atoms with Gasteiger partial charge in [0.05, 0.1) is 0 Å². The van der Waals surface area contributed by atoms with E-state index in [-0.39, 0.29) is 11.9 Å². The highest BCUT2D eigenvalue weighted by Crippen LogP contribution is 2.29. The number of benzene rings is 1. The fraction of sp³-hybridized carbons (Fsp3) is 0.538. The molecule has 2 heterocycles. The zero-order chi connectivity index (χ0) is 11.0. The van der Waals surface area contributed by atoms with E-state index in [1.807, 2.05) is 6.07 Å². The van der Waals surface area contributed by atoms with Crippen LogP contribution in [0.1, 0.15) is 25.7 Å². The zero-order valence-electron chi connectivity index (χ0n) is 9.16. The first kappa shape index (κ1) is 10.1. The third kappa shape index (κ3) is 2.05. The Morgan fingerprint density at radius 3 is 2.62 bits per heavy atom. The molecule has 1 aromatic carbocycles. The van der Waals surface area contributed by atoms with Crippen molar-refractivity contribution in [3.63, 3.8) is 0 Å². The Morgan fingerprint density at radius 2 is 1.94 bits per heavy atom. The van der Waals surface area contributed by atoms with Crippen LogP contribution in [0.5, 0.6) is 5.75 Å². The molecular formula is C13H16FNO. The van der Waals surface area contributed by atoms with Crippen LogP contribution < -0.4 is 10.1 Å². The molecule has 2 aliphatic heterocycles. The van der Waals surface area contributed by atoms with Gasteiger partial charge in [0, 0.05) is 18.2 Å². The van der Waals surface area contributed by atoms with Gasteiger partial charge in [0.15, 0.2) is 0 Å². The summed E-state index contributed by atoms with van der Waals surface area (Å²) >= 11 is 0. The van der Waals surface area contributed by atoms with Crippen molar-refractivity contribution in [2.45, 2.75) is 43.9 Å². The summed E-state index contributed by atoms with van der Waals surface area (Å²) in [6.45, 7) is 0. The van der Waals surface area contributed by atoms with Crippen LogP contribution in [0.3, 0.4) is 0 Å². The average Bonchev–Trinajstić information content (AvgIpc) is 2.58. The number of fused-ring (bicyclic) bond motifs is 2. The first-order chi connectivity index (χ1) is 7.79. The van der Waals surface area contributed by atoms with Crippen LogP contribution in [0.4, 0.5) is 4.39 Å². The first-order valence-electron chi connectivity index (χ1n) is 5.98. The molecule has 2 saturated heterocycles. The summed E-state index contributed by atoms with van der Waals surface area (Å²) in [6.07, 6.45) is 4.86. The molecule has 3 rings (SSSR count). The van der Waals surface area contributed by atoms with E-state index >= 15 is 0 Å². The van der Waals surface area contributed by atoms with Gasteiger partial charge < -0.3 is 10.1 Å². The van der Waals surface area contributed by atoms with E-state index in [9.17, 15) is 4.39 Å². The third-order valence-corrected chi connectivity index (χ3v) is 3.53. The minimum absolute atomic E-state index is 0.227. The van der Waals surface area contributed by atoms with Crippen molar-refractivity contribution in [2.24, 2.45) is 0 Å². The lowest BCUT2D eigenvalue weighted by Crippen LogP contribution is -2.42. The van der Waals surface area contributed by atoms with Gasteiger partial charge in [-0.15, -0.1) is 0 Å². The van der Waals surface area contributed by atoms with Gasteiger partial charge in [-0.05, 0) is 37.8 Å². The monoisotopic (exact) mass is 221 g/mol. The molecule has 3 heteroatoms. The highest BCUT2D eigenvalue weighted by molar-refractivity contribution is 5.22. The number of piperidine rings is 1. The molecule has 2 fully saturated rings. The summed E-state index contributed by atoms with van der Waals surface area (Å²) in [5.41, 5.74) is 0. The summed E-state index contributed by atoms with van der Waals surface area (Å²) in [5, 5.41) is 3.56. The molecule has 2 nitrogen and oxygen atoms in total. The number of hydrogen-bond acceptors (Lipinski definition) is 2. The first-order valence-corrected chi connectivity index (χ1v) is 5.98. The maximum absolute atomic E-state index is 13.0. The fourth-order valence-corrected chi connectivity index (χ4v) is 2.83. The van der Waals surface area contributed by atoms with E-state index in [2.05, 4.69) is 5.32 Å². The number of nitrogens with one attached hydrogen (secondary N) is 1. The van der Waals surface area contributed by atoms with E-state index in [0.717, 1.165) is 12.8 Å². The SMILES string of the molecule is Fc1cccc(OC2C[C@H]3CC[C@@H](C2)N3)c1. The number of halogens is 1. The highest BCUT2D eigenvalue weighted by Gasteiger charge is 2.34. The Bertz CT molecular complexity index is 370. The minimum atomic E-state index is -0.227. The van der Waals surface area contributed by atoms with Gasteiger partial charge in [-0.3, -0.25) is 0 Å². The number of ether oxygens (including phenoxy) is 1. The molecule has 1 unspecified atom stereocenters. The maximum atomic E-state index is 13.0. The van der Waals surface area contributed by atoms with Crippen molar-refractivity contribution in [3.8, 4) is 5.75 Å². The van der Waals surface area contributed by atoms with Gasteiger partial charge in [-0.25, -0.2) is 4.39 Å². The second-order valence-corrected chi connectivity index (χ2v) is 4.81. The summed E-state index contributed by atoms with van der Waals surface area (Å²) < 4.78 is 18.8. The normalized spacial score (nSPS) is 32.7. The average molecular weight is 221 g/mol. The molecule has 86 valence electrons. The van der Waals surface area contributed by atoms with E-state index in [4.69, 9.17) is 4.74 Å². The molecule has 1 aromatic rings. The predicted molar refractivity (Wildman–Crippen MR) is 60.0 cm³/mol. The Hall–Kier alpha value is -1.09. The van der Waals surface area contributed by atoms with Crippen LogP contribution in [-0.4, -0.2) is 18.2 Å². The van der Waals surface area contributed by atoms with Gasteiger partial charge in [-0.2, -0.15) is 0 Å². The van der Waals surface area contributed by atoms with Gasteiger partial charge in [-0.1, -0.05) is 6.07 Å². The standard InChI is InChI=1S/C13H16FNO/c14-9-2-1-3-12(6-9)16-13-7-10-4-5-11(8-13)15-10/h1-3,6,10-11,13,15H,4-5,7-8H2/t10-,11+,13?. The predicted octanol–water partition coefficient (Wildman–Crippen LogP) is 2.49. The van der Waals surface area contributed by atoms with Crippen molar-refractivity contribution >= 4 is 0 Å². The smallest absolute Gasteiger partial charge is 0.126 e. The Morgan fingerprint density at radius 1 is 1.19 bits per heavy atom. The van der Waals surface area contributed by atoms with E-state index in [0.29, 0.717) is 17.8 Å². The Kier molecular flexibility index (Phi) is 2.56. The molecule has 0 saturated carbocycles. The third-order valence-electron chi connectivity index (χ3n) is 3.53. The number of hydrogen-bond donors (Lipinski definition) is 1. The lowest BCUT2D eigenvalue weighted by molar-refractivity contribution is 0.137. The Balaban J connectivity index is 1.67. The van der Waals surface area contributed by atoms with E-state index < -0.39 is 0 Å². The summed E-state index contributed by atoms with van der Waals surface area (Å²) in [6, 6.07) is 7.64. The van der Waals surface area contributed by atoms with Crippen molar-refractivity contribution in [2.75, 3.05) is 0 Å². The van der Waals surface area contributed by atoms with Crippen molar-refractivity contribution in [1.29, 1.82) is 0 Å². The van der Waals surface area contributed by atoms with Gasteiger partial charge in [0.2, 0.25) is 0 Å². The zero-order valence-corrected chi connectivity index (χ0v) is 9.16. The summed E-state index contributed by atoms with van der Waals surface area (Å²) in [5.74, 6) is 0.431. The van der Waals surface area contributed by atoms with Crippen LogP contribution in [0.15, 0.2) is 24.3 Å². The van der Waals surface area contributed by atoms with Crippen LogP contribution >= 0.6 is 0 Å². The summed E-state index contributed by atoms with van der Waals surface area (Å²) in [4.78, 5) is 0. The van der Waals surface area contributed by atoms with Crippen LogP contribution in [0.2, 0.25) is 0 Å². The molecule has 0 aromatic heterocycles. The summed E-state index contributed by atoms with van der Waals surface area (Å²) in [7, 11) is 0. The topological polar surface area (TPSA) is 21.3 Å². The molecule has 0 spiro atoms. The van der Waals surface area contributed by atoms with Gasteiger partial charge in [0.1, 0.15) is 17.7 Å². The molecule has 0 aliphatic carbocycles. The van der Waals surface area contributed by atoms with Crippen LogP contribution in [0.25, 0.3) is 0 Å². The van der Waals surface area contributed by atoms with E-state index in [1.165, 1.54) is 25.0 Å². The van der Waals surface area contributed by atoms with Crippen LogP contribution in [0, 0.1) is 5.82 Å². The van der Waals surface area contributed by atoms with Gasteiger partial charge in [0.25, 0.3) is 0 Å². The second-order valence-electron chi connectivity index (χ2n) is 4.81.